The van der Waals surface area contributed by atoms with Crippen molar-refractivity contribution in [2.45, 2.75) is 0 Å². The van der Waals surface area contributed by atoms with Gasteiger partial charge in [0.2, 0.25) is 0 Å². The molecule has 0 N–H and O–H groups in total. The third-order valence-corrected chi connectivity index (χ3v) is 4.96. The second kappa shape index (κ2) is 6.83. The Bertz CT molecular complexity index is 775. The minimum Gasteiger partial charge on any atom is -0.497 e. The van der Waals surface area contributed by atoms with E-state index >= 15 is 0 Å². The molecule has 3 rings (SSSR count). The molecule has 5 heteroatoms. The topological polar surface area (TPSA) is 18.5 Å². The number of rotatable bonds is 4. The molecule has 0 radical (unpaired) electrons. The molecule has 0 spiro atoms. The van der Waals surface area contributed by atoms with Crippen molar-refractivity contribution in [2.75, 3.05) is 14.2 Å². The van der Waals surface area contributed by atoms with Crippen LogP contribution in [0.5, 0.6) is 11.5 Å². The van der Waals surface area contributed by atoms with Gasteiger partial charge in [-0.05, 0) is 47.2 Å². The van der Waals surface area contributed by atoms with Gasteiger partial charge in [0.1, 0.15) is 11.5 Å². The fourth-order valence-electron chi connectivity index (χ4n) is 2.40. The van der Waals surface area contributed by atoms with Crippen LogP contribution in [0.1, 0.15) is 0 Å². The molecule has 0 fully saturated rings. The Hall–Kier alpha value is -1.68. The SMILES string of the molecule is COc1ccc(-c2cscc2-c2ccc(OC)cc2Cl)c(Cl)c1. The Morgan fingerprint density at radius 1 is 0.696 bits per heavy atom. The predicted molar refractivity (Wildman–Crippen MR) is 98.3 cm³/mol. The largest absolute Gasteiger partial charge is 0.497 e. The summed E-state index contributed by atoms with van der Waals surface area (Å²) < 4.78 is 10.4. The Morgan fingerprint density at radius 3 is 1.48 bits per heavy atom. The molecule has 0 saturated carbocycles. The molecule has 0 aliphatic rings. The van der Waals surface area contributed by atoms with Gasteiger partial charge >= 0.3 is 0 Å². The van der Waals surface area contributed by atoms with Crippen LogP contribution in [0.25, 0.3) is 22.3 Å². The molecule has 3 aromatic rings. The van der Waals surface area contributed by atoms with Crippen LogP contribution in [0.4, 0.5) is 0 Å². The number of hydrogen-bond donors (Lipinski definition) is 0. The van der Waals surface area contributed by atoms with E-state index in [9.17, 15) is 0 Å². The van der Waals surface area contributed by atoms with Crippen LogP contribution < -0.4 is 9.47 Å². The van der Waals surface area contributed by atoms with Crippen molar-refractivity contribution in [2.24, 2.45) is 0 Å². The zero-order valence-corrected chi connectivity index (χ0v) is 14.9. The van der Waals surface area contributed by atoms with Crippen LogP contribution in [0, 0.1) is 0 Å². The van der Waals surface area contributed by atoms with Gasteiger partial charge in [-0.1, -0.05) is 23.2 Å². The van der Waals surface area contributed by atoms with Gasteiger partial charge in [0.25, 0.3) is 0 Å². The molecule has 0 aliphatic carbocycles. The zero-order chi connectivity index (χ0) is 16.4. The van der Waals surface area contributed by atoms with Gasteiger partial charge < -0.3 is 9.47 Å². The Balaban J connectivity index is 2.10. The molecule has 0 unspecified atom stereocenters. The minimum atomic E-state index is 0.647. The molecular formula is C18H14Cl2O2S. The molecule has 0 aliphatic heterocycles. The Morgan fingerprint density at radius 2 is 1.13 bits per heavy atom. The van der Waals surface area contributed by atoms with E-state index in [2.05, 4.69) is 10.8 Å². The van der Waals surface area contributed by atoms with Crippen LogP contribution in [0.15, 0.2) is 47.2 Å². The Labute approximate surface area is 149 Å². The molecule has 0 saturated heterocycles. The van der Waals surface area contributed by atoms with E-state index in [1.54, 1.807) is 25.6 Å². The number of thiophene rings is 1. The smallest absolute Gasteiger partial charge is 0.120 e. The standard InChI is InChI=1S/C18H14Cl2O2S/c1-21-11-3-5-13(17(19)7-11)15-9-23-10-16(15)14-6-4-12(22-2)8-18(14)20/h3-10H,1-2H3. The van der Waals surface area contributed by atoms with Crippen LogP contribution >= 0.6 is 34.5 Å². The lowest BCUT2D eigenvalue weighted by Gasteiger charge is -2.10. The molecule has 2 nitrogen and oxygen atoms in total. The van der Waals surface area contributed by atoms with Gasteiger partial charge in [0.15, 0.2) is 0 Å². The van der Waals surface area contributed by atoms with E-state index in [0.29, 0.717) is 10.0 Å². The summed E-state index contributed by atoms with van der Waals surface area (Å²) >= 11 is 14.4. The highest BCUT2D eigenvalue weighted by Gasteiger charge is 2.15. The highest BCUT2D eigenvalue weighted by atomic mass is 35.5. The summed E-state index contributed by atoms with van der Waals surface area (Å²) in [6, 6.07) is 11.4. The monoisotopic (exact) mass is 364 g/mol. The molecule has 23 heavy (non-hydrogen) atoms. The number of ether oxygens (including phenoxy) is 2. The lowest BCUT2D eigenvalue weighted by atomic mass is 9.99. The van der Waals surface area contributed by atoms with Crippen LogP contribution in [-0.2, 0) is 0 Å². The van der Waals surface area contributed by atoms with E-state index in [1.807, 2.05) is 36.4 Å². The molecule has 0 bridgehead atoms. The van der Waals surface area contributed by atoms with Crippen molar-refractivity contribution in [1.82, 2.24) is 0 Å². The average molecular weight is 365 g/mol. The van der Waals surface area contributed by atoms with Gasteiger partial charge in [-0.2, -0.15) is 11.3 Å². The maximum atomic E-state index is 6.42. The first kappa shape index (κ1) is 16.2. The number of hydrogen-bond acceptors (Lipinski definition) is 3. The van der Waals surface area contributed by atoms with Crippen molar-refractivity contribution >= 4 is 34.5 Å². The van der Waals surface area contributed by atoms with E-state index in [-0.39, 0.29) is 0 Å². The lowest BCUT2D eigenvalue weighted by Crippen LogP contribution is -1.87. The fraction of sp³-hybridized carbons (Fsp3) is 0.111. The van der Waals surface area contributed by atoms with Crippen molar-refractivity contribution in [3.05, 3.63) is 57.2 Å². The molecule has 0 atom stereocenters. The summed E-state index contributed by atoms with van der Waals surface area (Å²) in [7, 11) is 3.25. The molecule has 1 heterocycles. The normalized spacial score (nSPS) is 10.6. The highest BCUT2D eigenvalue weighted by Crippen LogP contribution is 2.42. The second-order valence-corrected chi connectivity index (χ2v) is 6.45. The zero-order valence-electron chi connectivity index (χ0n) is 12.6. The minimum absolute atomic E-state index is 0.647. The van der Waals surface area contributed by atoms with Crippen molar-refractivity contribution in [3.63, 3.8) is 0 Å². The third kappa shape index (κ3) is 3.18. The van der Waals surface area contributed by atoms with Gasteiger partial charge in [0.05, 0.1) is 24.3 Å². The lowest BCUT2D eigenvalue weighted by molar-refractivity contribution is 0.415. The number of halogens is 2. The van der Waals surface area contributed by atoms with Crippen molar-refractivity contribution in [3.8, 4) is 33.8 Å². The molecule has 2 aromatic carbocycles. The van der Waals surface area contributed by atoms with E-state index in [4.69, 9.17) is 32.7 Å². The van der Waals surface area contributed by atoms with Gasteiger partial charge in [0, 0.05) is 22.3 Å². The second-order valence-electron chi connectivity index (χ2n) is 4.89. The summed E-state index contributed by atoms with van der Waals surface area (Å²) in [5.41, 5.74) is 4.01. The summed E-state index contributed by atoms with van der Waals surface area (Å²) in [5, 5.41) is 5.44. The third-order valence-electron chi connectivity index (χ3n) is 3.59. The predicted octanol–water partition coefficient (Wildman–Crippen LogP) is 6.41. The number of methoxy groups -OCH3 is 2. The first-order valence-corrected chi connectivity index (χ1v) is 8.58. The maximum absolute atomic E-state index is 6.42. The first-order valence-electron chi connectivity index (χ1n) is 6.88. The molecule has 118 valence electrons. The van der Waals surface area contributed by atoms with E-state index in [1.165, 1.54) is 0 Å². The summed E-state index contributed by atoms with van der Waals surface area (Å²) in [6.07, 6.45) is 0. The van der Waals surface area contributed by atoms with Crippen LogP contribution in [-0.4, -0.2) is 14.2 Å². The molecule has 0 amide bonds. The summed E-state index contributed by atoms with van der Waals surface area (Å²) in [4.78, 5) is 0. The van der Waals surface area contributed by atoms with Crippen LogP contribution in [0.3, 0.4) is 0 Å². The summed E-state index contributed by atoms with van der Waals surface area (Å²) in [6.45, 7) is 0. The fourth-order valence-corrected chi connectivity index (χ4v) is 3.79. The van der Waals surface area contributed by atoms with Gasteiger partial charge in [-0.3, -0.25) is 0 Å². The Kier molecular flexibility index (Phi) is 4.81. The van der Waals surface area contributed by atoms with E-state index in [0.717, 1.165) is 33.8 Å². The first-order chi connectivity index (χ1) is 11.1. The van der Waals surface area contributed by atoms with Crippen LogP contribution in [0.2, 0.25) is 10.0 Å². The quantitative estimate of drug-likeness (QED) is 0.532. The summed E-state index contributed by atoms with van der Waals surface area (Å²) in [5.74, 6) is 1.47. The maximum Gasteiger partial charge on any atom is 0.120 e. The molecular weight excluding hydrogens is 351 g/mol. The van der Waals surface area contributed by atoms with Crippen molar-refractivity contribution < 1.29 is 9.47 Å². The molecule has 1 aromatic heterocycles. The van der Waals surface area contributed by atoms with Crippen molar-refractivity contribution in [1.29, 1.82) is 0 Å². The average Bonchev–Trinajstić information content (AvgIpc) is 3.03. The van der Waals surface area contributed by atoms with Gasteiger partial charge in [-0.15, -0.1) is 0 Å². The highest BCUT2D eigenvalue weighted by molar-refractivity contribution is 7.08. The van der Waals surface area contributed by atoms with E-state index < -0.39 is 0 Å². The number of benzene rings is 2. The van der Waals surface area contributed by atoms with Gasteiger partial charge in [-0.25, -0.2) is 0 Å².